The van der Waals surface area contributed by atoms with Gasteiger partial charge in [0.05, 0.1) is 10.6 Å². The number of aryl methyl sites for hydroxylation is 1. The Morgan fingerprint density at radius 3 is 2.12 bits per heavy atom. The second-order valence-electron chi connectivity index (χ2n) is 4.00. The van der Waals surface area contributed by atoms with Gasteiger partial charge in [-0.3, -0.25) is 4.90 Å². The summed E-state index contributed by atoms with van der Waals surface area (Å²) in [5.74, 6) is 0.0672. The Balaban J connectivity index is 2.72. The molecule has 1 aromatic carbocycles. The summed E-state index contributed by atoms with van der Waals surface area (Å²) in [5.41, 5.74) is 1.07. The highest BCUT2D eigenvalue weighted by Crippen LogP contribution is 2.13. The Labute approximate surface area is 104 Å². The van der Waals surface area contributed by atoms with Crippen molar-refractivity contribution in [2.24, 2.45) is 0 Å². The highest BCUT2D eigenvalue weighted by Gasteiger charge is 2.15. The average Bonchev–Trinajstić information content (AvgIpc) is 2.31. The molecule has 3 nitrogen and oxygen atoms in total. The van der Waals surface area contributed by atoms with E-state index in [0.717, 1.165) is 18.7 Å². The van der Waals surface area contributed by atoms with Crippen LogP contribution in [0.5, 0.6) is 0 Å². The average molecular weight is 254 g/mol. The van der Waals surface area contributed by atoms with Crippen LogP contribution < -0.4 is 0 Å². The first-order valence-corrected chi connectivity index (χ1v) is 7.51. The van der Waals surface area contributed by atoms with Gasteiger partial charge in [0.2, 0.25) is 0 Å². The van der Waals surface area contributed by atoms with Crippen LogP contribution in [-0.2, 0) is 9.84 Å². The molecule has 0 saturated carbocycles. The van der Waals surface area contributed by atoms with Crippen LogP contribution in [0.1, 0.15) is 19.4 Å². The zero-order valence-electron chi connectivity index (χ0n) is 10.7. The van der Waals surface area contributed by atoms with Crippen molar-refractivity contribution in [2.45, 2.75) is 25.7 Å². The van der Waals surface area contributed by atoms with E-state index in [4.69, 9.17) is 0 Å². The van der Waals surface area contributed by atoms with Crippen molar-refractivity contribution in [3.05, 3.63) is 36.4 Å². The van der Waals surface area contributed by atoms with Crippen LogP contribution in [0.3, 0.4) is 0 Å². The molecule has 95 valence electrons. The molecule has 0 aliphatic heterocycles. The van der Waals surface area contributed by atoms with Gasteiger partial charge >= 0.3 is 0 Å². The minimum absolute atomic E-state index is 0.0672. The predicted molar refractivity (Wildman–Crippen MR) is 70.5 cm³/mol. The van der Waals surface area contributed by atoms with E-state index in [1.54, 1.807) is 18.7 Å². The molecular formula is C13H20NO2S. The van der Waals surface area contributed by atoms with Crippen molar-refractivity contribution in [1.82, 2.24) is 4.90 Å². The molecule has 0 aliphatic carbocycles. The van der Waals surface area contributed by atoms with E-state index in [2.05, 4.69) is 0 Å². The summed E-state index contributed by atoms with van der Waals surface area (Å²) in [4.78, 5) is 2.39. The predicted octanol–water partition coefficient (Wildman–Crippen LogP) is 2.27. The van der Waals surface area contributed by atoms with Crippen molar-refractivity contribution >= 4 is 9.84 Å². The Hall–Kier alpha value is -0.870. The molecule has 0 heterocycles. The summed E-state index contributed by atoms with van der Waals surface area (Å²) < 4.78 is 24.0. The molecule has 0 N–H and O–H groups in total. The Morgan fingerprint density at radius 1 is 1.12 bits per heavy atom. The van der Waals surface area contributed by atoms with Gasteiger partial charge in [-0.2, -0.15) is 0 Å². The smallest absolute Gasteiger partial charge is 0.179 e. The third-order valence-electron chi connectivity index (χ3n) is 2.74. The second kappa shape index (κ2) is 6.17. The molecule has 0 aromatic heterocycles. The minimum Gasteiger partial charge on any atom is -0.298 e. The lowest BCUT2D eigenvalue weighted by molar-refractivity contribution is 0.375. The van der Waals surface area contributed by atoms with E-state index in [-0.39, 0.29) is 5.75 Å². The number of rotatable bonds is 6. The van der Waals surface area contributed by atoms with Crippen LogP contribution in [0.15, 0.2) is 29.2 Å². The van der Waals surface area contributed by atoms with Crippen molar-refractivity contribution in [1.29, 1.82) is 0 Å². The van der Waals surface area contributed by atoms with Gasteiger partial charge in [-0.15, -0.1) is 0 Å². The molecule has 0 atom stereocenters. The fourth-order valence-electron chi connectivity index (χ4n) is 1.53. The molecule has 17 heavy (non-hydrogen) atoms. The first-order chi connectivity index (χ1) is 7.99. The van der Waals surface area contributed by atoms with Crippen molar-refractivity contribution in [2.75, 3.05) is 18.8 Å². The first-order valence-electron chi connectivity index (χ1n) is 5.86. The molecule has 0 spiro atoms. The van der Waals surface area contributed by atoms with E-state index in [1.165, 1.54) is 0 Å². The Kier molecular flexibility index (Phi) is 5.15. The summed E-state index contributed by atoms with van der Waals surface area (Å²) >= 11 is 0. The van der Waals surface area contributed by atoms with Gasteiger partial charge in [0.25, 0.3) is 0 Å². The van der Waals surface area contributed by atoms with Crippen LogP contribution in [-0.4, -0.2) is 32.2 Å². The monoisotopic (exact) mass is 254 g/mol. The molecular weight excluding hydrogens is 234 g/mol. The van der Waals surface area contributed by atoms with Crippen LogP contribution in [0, 0.1) is 13.5 Å². The van der Waals surface area contributed by atoms with Gasteiger partial charge in [0.1, 0.15) is 0 Å². The SMILES string of the molecule is CCN([CH]CS(=O)(=O)c1ccc(C)cc1)CC. The highest BCUT2D eigenvalue weighted by atomic mass is 32.2. The maximum Gasteiger partial charge on any atom is 0.179 e. The molecule has 0 saturated heterocycles. The molecule has 0 amide bonds. The number of benzene rings is 1. The number of nitrogens with zero attached hydrogens (tertiary/aromatic N) is 1. The van der Waals surface area contributed by atoms with Crippen LogP contribution in [0.4, 0.5) is 0 Å². The zero-order chi connectivity index (χ0) is 12.9. The minimum atomic E-state index is -3.19. The third kappa shape index (κ3) is 4.13. The first kappa shape index (κ1) is 14.2. The van der Waals surface area contributed by atoms with E-state index >= 15 is 0 Å². The quantitative estimate of drug-likeness (QED) is 0.781. The molecule has 0 unspecified atom stereocenters. The molecule has 1 aromatic rings. The van der Waals surface area contributed by atoms with Gasteiger partial charge in [-0.05, 0) is 32.1 Å². The van der Waals surface area contributed by atoms with Gasteiger partial charge in [0.15, 0.2) is 9.84 Å². The van der Waals surface area contributed by atoms with Crippen molar-refractivity contribution < 1.29 is 8.42 Å². The van der Waals surface area contributed by atoms with Crippen LogP contribution >= 0.6 is 0 Å². The number of hydrogen-bond acceptors (Lipinski definition) is 3. The highest BCUT2D eigenvalue weighted by molar-refractivity contribution is 7.91. The second-order valence-corrected chi connectivity index (χ2v) is 6.03. The standard InChI is InChI=1S/C13H20NO2S/c1-4-14(5-2)10-11-17(15,16)13-8-6-12(3)7-9-13/h6-10H,4-5,11H2,1-3H3. The number of hydrogen-bond donors (Lipinski definition) is 0. The maximum absolute atomic E-state index is 12.0. The summed E-state index contributed by atoms with van der Waals surface area (Å²) in [6.07, 6.45) is 0. The lowest BCUT2D eigenvalue weighted by Gasteiger charge is -2.17. The van der Waals surface area contributed by atoms with Gasteiger partial charge in [-0.25, -0.2) is 8.42 Å². The van der Waals surface area contributed by atoms with Gasteiger partial charge in [-0.1, -0.05) is 31.5 Å². The summed E-state index contributed by atoms with van der Waals surface area (Å²) in [6, 6.07) is 6.98. The molecule has 0 fully saturated rings. The van der Waals surface area contributed by atoms with Crippen LogP contribution in [0.25, 0.3) is 0 Å². The summed E-state index contributed by atoms with van der Waals surface area (Å²) in [6.45, 7) is 9.39. The third-order valence-corrected chi connectivity index (χ3v) is 4.32. The fraction of sp³-hybridized carbons (Fsp3) is 0.462. The van der Waals surface area contributed by atoms with E-state index < -0.39 is 9.84 Å². The Bertz CT molecular complexity index is 433. The summed E-state index contributed by atoms with van der Waals surface area (Å²) in [5, 5.41) is 0. The number of sulfone groups is 1. The molecule has 1 rings (SSSR count). The Morgan fingerprint density at radius 2 is 1.65 bits per heavy atom. The molecule has 0 aliphatic rings. The van der Waals surface area contributed by atoms with Crippen molar-refractivity contribution in [3.8, 4) is 0 Å². The molecule has 1 radical (unpaired) electrons. The summed E-state index contributed by atoms with van der Waals surface area (Å²) in [7, 11) is -3.19. The van der Waals surface area contributed by atoms with Crippen LogP contribution in [0.2, 0.25) is 0 Å². The van der Waals surface area contributed by atoms with E-state index in [1.807, 2.05) is 37.8 Å². The fourth-order valence-corrected chi connectivity index (χ4v) is 2.68. The molecule has 0 bridgehead atoms. The maximum atomic E-state index is 12.0. The topological polar surface area (TPSA) is 37.4 Å². The lowest BCUT2D eigenvalue weighted by atomic mass is 10.2. The van der Waals surface area contributed by atoms with Gasteiger partial charge < -0.3 is 0 Å². The van der Waals surface area contributed by atoms with E-state index in [9.17, 15) is 8.42 Å². The zero-order valence-corrected chi connectivity index (χ0v) is 11.5. The normalized spacial score (nSPS) is 12.0. The van der Waals surface area contributed by atoms with Crippen molar-refractivity contribution in [3.63, 3.8) is 0 Å². The lowest BCUT2D eigenvalue weighted by Crippen LogP contribution is -2.24. The molecule has 4 heteroatoms. The van der Waals surface area contributed by atoms with Gasteiger partial charge in [0, 0.05) is 6.54 Å². The largest absolute Gasteiger partial charge is 0.298 e. The van der Waals surface area contributed by atoms with E-state index in [0.29, 0.717) is 4.90 Å².